The van der Waals surface area contributed by atoms with Gasteiger partial charge in [-0.15, -0.1) is 0 Å². The van der Waals surface area contributed by atoms with Crippen molar-refractivity contribution >= 4 is 0 Å². The van der Waals surface area contributed by atoms with E-state index in [9.17, 15) is 0 Å². The molecule has 18 heavy (non-hydrogen) atoms. The van der Waals surface area contributed by atoms with Crippen molar-refractivity contribution in [1.29, 1.82) is 0 Å². The van der Waals surface area contributed by atoms with Crippen LogP contribution in [-0.4, -0.2) is 19.7 Å². The van der Waals surface area contributed by atoms with Crippen LogP contribution in [0, 0.1) is 6.92 Å². The van der Waals surface area contributed by atoms with E-state index in [4.69, 9.17) is 4.74 Å². The van der Waals surface area contributed by atoms with Crippen LogP contribution in [0.5, 0.6) is 5.75 Å². The molecule has 0 amide bonds. The van der Waals surface area contributed by atoms with Crippen LogP contribution in [0.2, 0.25) is 0 Å². The summed E-state index contributed by atoms with van der Waals surface area (Å²) in [7, 11) is 1.98. The molecule has 0 spiro atoms. The minimum Gasteiger partial charge on any atom is -0.493 e. The molecule has 1 unspecified atom stereocenters. The van der Waals surface area contributed by atoms with E-state index in [0.29, 0.717) is 6.04 Å². The van der Waals surface area contributed by atoms with Gasteiger partial charge in [-0.05, 0) is 49.9 Å². The van der Waals surface area contributed by atoms with Crippen molar-refractivity contribution in [2.45, 2.75) is 52.5 Å². The first kappa shape index (κ1) is 15.0. The predicted molar refractivity (Wildman–Crippen MR) is 78.5 cm³/mol. The van der Waals surface area contributed by atoms with Crippen molar-refractivity contribution in [2.75, 3.05) is 13.7 Å². The summed E-state index contributed by atoms with van der Waals surface area (Å²) in [5.41, 5.74) is 2.78. The Bertz CT molecular complexity index is 379. The van der Waals surface area contributed by atoms with Crippen molar-refractivity contribution in [3.63, 3.8) is 0 Å². The van der Waals surface area contributed by atoms with Gasteiger partial charge in [0.25, 0.3) is 0 Å². The monoisotopic (exact) mass is 249 g/mol. The third-order valence-corrected chi connectivity index (χ3v) is 3.34. The zero-order chi connectivity index (χ0) is 13.8. The maximum atomic E-state index is 5.84. The van der Waals surface area contributed by atoms with Crippen LogP contribution in [0.3, 0.4) is 0 Å². The fourth-order valence-electron chi connectivity index (χ4n) is 1.77. The van der Waals surface area contributed by atoms with Crippen molar-refractivity contribution in [2.24, 2.45) is 0 Å². The molecule has 1 aromatic rings. The Hall–Kier alpha value is -1.02. The molecular formula is C16H27NO. The number of aryl methyl sites for hydroxylation is 1. The normalized spacial score (nSPS) is 13.4. The van der Waals surface area contributed by atoms with Gasteiger partial charge in [-0.25, -0.2) is 0 Å². The molecular weight excluding hydrogens is 222 g/mol. The fraction of sp³-hybridized carbons (Fsp3) is 0.625. The molecule has 0 saturated carbocycles. The largest absolute Gasteiger partial charge is 0.493 e. The summed E-state index contributed by atoms with van der Waals surface area (Å²) in [4.78, 5) is 0. The van der Waals surface area contributed by atoms with Crippen LogP contribution >= 0.6 is 0 Å². The van der Waals surface area contributed by atoms with Gasteiger partial charge in [0.1, 0.15) is 5.75 Å². The van der Waals surface area contributed by atoms with Crippen LogP contribution in [0.25, 0.3) is 0 Å². The van der Waals surface area contributed by atoms with Gasteiger partial charge in [-0.2, -0.15) is 0 Å². The average Bonchev–Trinajstić information content (AvgIpc) is 2.29. The van der Waals surface area contributed by atoms with Gasteiger partial charge >= 0.3 is 0 Å². The van der Waals surface area contributed by atoms with E-state index in [2.05, 4.69) is 58.1 Å². The van der Waals surface area contributed by atoms with Crippen LogP contribution in [0.4, 0.5) is 0 Å². The number of nitrogens with one attached hydrogen (secondary N) is 1. The number of hydrogen-bond donors (Lipinski definition) is 1. The molecule has 1 rings (SSSR count). The highest BCUT2D eigenvalue weighted by molar-refractivity contribution is 5.38. The molecule has 2 heteroatoms. The zero-order valence-electron chi connectivity index (χ0n) is 12.6. The third-order valence-electron chi connectivity index (χ3n) is 3.34. The minimum absolute atomic E-state index is 0.198. The van der Waals surface area contributed by atoms with Crippen molar-refractivity contribution in [3.8, 4) is 5.75 Å². The maximum Gasteiger partial charge on any atom is 0.122 e. The van der Waals surface area contributed by atoms with Gasteiger partial charge in [-0.3, -0.25) is 0 Å². The van der Waals surface area contributed by atoms with Crippen molar-refractivity contribution in [1.82, 2.24) is 5.32 Å². The molecule has 0 aliphatic heterocycles. The molecule has 0 saturated heterocycles. The fourth-order valence-corrected chi connectivity index (χ4v) is 1.77. The highest BCUT2D eigenvalue weighted by Gasteiger charge is 2.14. The topological polar surface area (TPSA) is 21.3 Å². The molecule has 0 aromatic heterocycles. The number of benzene rings is 1. The lowest BCUT2D eigenvalue weighted by atomic mass is 9.86. The molecule has 2 nitrogen and oxygen atoms in total. The number of rotatable bonds is 5. The van der Waals surface area contributed by atoms with E-state index < -0.39 is 0 Å². The second-order valence-electron chi connectivity index (χ2n) is 6.06. The summed E-state index contributed by atoms with van der Waals surface area (Å²) in [5.74, 6) is 1.01. The molecule has 0 radical (unpaired) electrons. The molecule has 102 valence electrons. The van der Waals surface area contributed by atoms with Crippen LogP contribution in [-0.2, 0) is 5.41 Å². The summed E-state index contributed by atoms with van der Waals surface area (Å²) in [6.45, 7) is 11.7. The number of ether oxygens (including phenoxy) is 1. The Kier molecular flexibility index (Phi) is 5.21. The van der Waals surface area contributed by atoms with Gasteiger partial charge in [-0.1, -0.05) is 32.9 Å². The van der Waals surface area contributed by atoms with Gasteiger partial charge in [0, 0.05) is 6.04 Å². The van der Waals surface area contributed by atoms with E-state index >= 15 is 0 Å². The van der Waals surface area contributed by atoms with E-state index in [-0.39, 0.29) is 5.41 Å². The molecule has 1 N–H and O–H groups in total. The molecule has 0 aliphatic carbocycles. The summed E-state index contributed by atoms with van der Waals surface area (Å²) in [6.07, 6.45) is 1.02. The van der Waals surface area contributed by atoms with Crippen LogP contribution in [0.1, 0.15) is 45.2 Å². The molecule has 1 aromatic carbocycles. The van der Waals surface area contributed by atoms with E-state index in [0.717, 1.165) is 18.8 Å². The Balaban J connectivity index is 2.63. The van der Waals surface area contributed by atoms with E-state index in [1.807, 2.05) is 7.05 Å². The average molecular weight is 249 g/mol. The zero-order valence-corrected chi connectivity index (χ0v) is 12.6. The smallest absolute Gasteiger partial charge is 0.122 e. The second kappa shape index (κ2) is 6.24. The lowest BCUT2D eigenvalue weighted by molar-refractivity contribution is 0.291. The standard InChI is InChI=1S/C16H27NO/c1-12-11-14(16(3,4)5)7-8-15(12)18-10-9-13(2)17-6/h7-8,11,13,17H,9-10H2,1-6H3. The Morgan fingerprint density at radius 2 is 1.94 bits per heavy atom. The number of hydrogen-bond acceptors (Lipinski definition) is 2. The van der Waals surface area contributed by atoms with E-state index in [1.165, 1.54) is 11.1 Å². The first-order valence-corrected chi connectivity index (χ1v) is 6.76. The Labute approximate surface area is 112 Å². The van der Waals surface area contributed by atoms with Crippen LogP contribution in [0.15, 0.2) is 18.2 Å². The second-order valence-corrected chi connectivity index (χ2v) is 6.06. The summed E-state index contributed by atoms with van der Waals surface area (Å²) < 4.78 is 5.84. The van der Waals surface area contributed by atoms with Crippen LogP contribution < -0.4 is 10.1 Å². The molecule has 0 heterocycles. The molecule has 1 atom stereocenters. The Morgan fingerprint density at radius 1 is 1.28 bits per heavy atom. The van der Waals surface area contributed by atoms with E-state index in [1.54, 1.807) is 0 Å². The maximum absolute atomic E-state index is 5.84. The molecule has 0 fully saturated rings. The quantitative estimate of drug-likeness (QED) is 0.859. The summed E-state index contributed by atoms with van der Waals surface area (Å²) in [5, 5.41) is 3.21. The lowest BCUT2D eigenvalue weighted by Gasteiger charge is -2.21. The molecule has 0 bridgehead atoms. The SMILES string of the molecule is CNC(C)CCOc1ccc(C(C)(C)C)cc1C. The van der Waals surface area contributed by atoms with Gasteiger partial charge in [0.2, 0.25) is 0 Å². The first-order chi connectivity index (χ1) is 8.34. The summed E-state index contributed by atoms with van der Waals surface area (Å²) in [6, 6.07) is 7.00. The Morgan fingerprint density at radius 3 is 2.44 bits per heavy atom. The van der Waals surface area contributed by atoms with Gasteiger partial charge in [0.15, 0.2) is 0 Å². The molecule has 0 aliphatic rings. The highest BCUT2D eigenvalue weighted by Crippen LogP contribution is 2.27. The minimum atomic E-state index is 0.198. The highest BCUT2D eigenvalue weighted by atomic mass is 16.5. The predicted octanol–water partition coefficient (Wildman–Crippen LogP) is 3.67. The van der Waals surface area contributed by atoms with Gasteiger partial charge in [0.05, 0.1) is 6.61 Å². The van der Waals surface area contributed by atoms with Crippen molar-refractivity contribution < 1.29 is 4.74 Å². The van der Waals surface area contributed by atoms with Crippen molar-refractivity contribution in [3.05, 3.63) is 29.3 Å². The third kappa shape index (κ3) is 4.34. The summed E-state index contributed by atoms with van der Waals surface area (Å²) >= 11 is 0. The first-order valence-electron chi connectivity index (χ1n) is 6.76. The lowest BCUT2D eigenvalue weighted by Crippen LogP contribution is -2.23. The van der Waals surface area contributed by atoms with Gasteiger partial charge < -0.3 is 10.1 Å².